The summed E-state index contributed by atoms with van der Waals surface area (Å²) in [5.41, 5.74) is -0.434. The predicted octanol–water partition coefficient (Wildman–Crippen LogP) is 2.78. The third-order valence-corrected chi connectivity index (χ3v) is 4.58. The van der Waals surface area contributed by atoms with Gasteiger partial charge in [-0.15, -0.1) is 0 Å². The Morgan fingerprint density at radius 2 is 1.92 bits per heavy atom. The summed E-state index contributed by atoms with van der Waals surface area (Å²) in [4.78, 5) is 26.2. The molecule has 6 nitrogen and oxygen atoms in total. The third kappa shape index (κ3) is 2.78. The van der Waals surface area contributed by atoms with E-state index in [1.54, 1.807) is 21.0 Å². The number of carbonyl (C=O) groups is 2. The molecule has 3 amide bonds. The van der Waals surface area contributed by atoms with E-state index in [4.69, 9.17) is 10.00 Å². The van der Waals surface area contributed by atoms with E-state index in [1.165, 1.54) is 0 Å². The Hall–Kier alpha value is -3.07. The van der Waals surface area contributed by atoms with Crippen molar-refractivity contribution >= 4 is 22.7 Å². The number of rotatable bonds is 4. The topological polar surface area (TPSA) is 82.4 Å². The fourth-order valence-electron chi connectivity index (χ4n) is 3.03. The van der Waals surface area contributed by atoms with Crippen LogP contribution in [0.2, 0.25) is 0 Å². The Kier molecular flexibility index (Phi) is 4.09. The highest BCUT2D eigenvalue weighted by atomic mass is 16.5. The van der Waals surface area contributed by atoms with Crippen molar-refractivity contribution < 1.29 is 14.3 Å². The Bertz CT molecular complexity index is 902. The van der Waals surface area contributed by atoms with E-state index in [-0.39, 0.29) is 12.5 Å². The second-order valence-electron chi connectivity index (χ2n) is 6.43. The summed E-state index contributed by atoms with van der Waals surface area (Å²) in [7, 11) is 1.61. The molecule has 1 fully saturated rings. The van der Waals surface area contributed by atoms with Crippen molar-refractivity contribution in [1.29, 1.82) is 5.26 Å². The molecule has 0 spiro atoms. The maximum absolute atomic E-state index is 12.8. The zero-order valence-electron chi connectivity index (χ0n) is 14.4. The van der Waals surface area contributed by atoms with Crippen molar-refractivity contribution in [2.45, 2.75) is 19.4 Å². The molecule has 1 heterocycles. The second-order valence-corrected chi connectivity index (χ2v) is 6.43. The number of nitrogens with one attached hydrogen (secondary N) is 1. The van der Waals surface area contributed by atoms with Crippen LogP contribution in [0.25, 0.3) is 10.8 Å². The minimum atomic E-state index is -1.14. The molecule has 2 aromatic rings. The maximum atomic E-state index is 12.8. The monoisotopic (exact) mass is 337 g/mol. The number of urea groups is 1. The predicted molar refractivity (Wildman–Crippen MR) is 92.9 cm³/mol. The molecule has 0 aromatic heterocycles. The lowest BCUT2D eigenvalue weighted by Gasteiger charge is -2.23. The Morgan fingerprint density at radius 3 is 2.60 bits per heavy atom. The van der Waals surface area contributed by atoms with Gasteiger partial charge in [0, 0.05) is 6.54 Å². The first-order chi connectivity index (χ1) is 11.9. The number of ether oxygens (including phenoxy) is 1. The first kappa shape index (κ1) is 16.8. The lowest BCUT2D eigenvalue weighted by Crippen LogP contribution is -2.41. The van der Waals surface area contributed by atoms with Gasteiger partial charge in [-0.25, -0.2) is 4.79 Å². The van der Waals surface area contributed by atoms with Crippen molar-refractivity contribution in [3.63, 3.8) is 0 Å². The van der Waals surface area contributed by atoms with E-state index in [1.807, 2.05) is 42.5 Å². The number of hydrogen-bond donors (Lipinski definition) is 1. The highest BCUT2D eigenvalue weighted by molar-refractivity contribution is 6.07. The Labute approximate surface area is 146 Å². The van der Waals surface area contributed by atoms with Crippen LogP contribution in [0.4, 0.5) is 4.79 Å². The van der Waals surface area contributed by atoms with Crippen molar-refractivity contribution in [2.75, 3.05) is 13.7 Å². The molecule has 1 saturated heterocycles. The molecule has 0 unspecified atom stereocenters. The molecule has 0 saturated carbocycles. The van der Waals surface area contributed by atoms with Gasteiger partial charge in [0.15, 0.2) is 0 Å². The molecule has 1 N–H and O–H groups in total. The summed E-state index contributed by atoms with van der Waals surface area (Å²) < 4.78 is 5.22. The average Bonchev–Trinajstić information content (AvgIpc) is 2.84. The van der Waals surface area contributed by atoms with Crippen LogP contribution in [-0.2, 0) is 10.3 Å². The van der Waals surface area contributed by atoms with Crippen molar-refractivity contribution in [3.05, 3.63) is 42.0 Å². The molecule has 1 aliphatic rings. The molecule has 6 heteroatoms. The van der Waals surface area contributed by atoms with Crippen molar-refractivity contribution in [3.8, 4) is 11.8 Å². The van der Waals surface area contributed by atoms with Crippen LogP contribution < -0.4 is 10.1 Å². The highest BCUT2D eigenvalue weighted by Crippen LogP contribution is 2.32. The van der Waals surface area contributed by atoms with Crippen LogP contribution in [-0.4, -0.2) is 30.5 Å². The van der Waals surface area contributed by atoms with Gasteiger partial charge in [-0.05, 0) is 48.4 Å². The normalized spacial score (nSPS) is 21.1. The van der Waals surface area contributed by atoms with Gasteiger partial charge in [0.05, 0.1) is 19.1 Å². The standard InChI is InChI=1S/C19H19N3O3/c1-12(10-20)11-22-17(23)19(2,21-18(22)24)15-6-4-14-9-16(25-3)7-5-13(14)8-15/h4-9,12H,11H2,1-3H3,(H,21,24)/t12-,19-/m1/s1. The molecule has 128 valence electrons. The zero-order chi connectivity index (χ0) is 18.2. The van der Waals surface area contributed by atoms with Gasteiger partial charge in [-0.2, -0.15) is 5.26 Å². The summed E-state index contributed by atoms with van der Waals surface area (Å²) in [6.07, 6.45) is 0. The van der Waals surface area contributed by atoms with E-state index in [0.29, 0.717) is 5.56 Å². The SMILES string of the molecule is COc1ccc2cc([C@@]3(C)NC(=O)N(C[C@H](C)C#N)C3=O)ccc2c1. The van der Waals surface area contributed by atoms with Crippen molar-refractivity contribution in [2.24, 2.45) is 5.92 Å². The van der Waals surface area contributed by atoms with Crippen LogP contribution in [0.5, 0.6) is 5.75 Å². The summed E-state index contributed by atoms with van der Waals surface area (Å²) in [6, 6.07) is 12.9. The fraction of sp³-hybridized carbons (Fsp3) is 0.316. The molecule has 0 aliphatic carbocycles. The van der Waals surface area contributed by atoms with E-state index >= 15 is 0 Å². The van der Waals surface area contributed by atoms with Crippen LogP contribution in [0.3, 0.4) is 0 Å². The molecule has 25 heavy (non-hydrogen) atoms. The maximum Gasteiger partial charge on any atom is 0.325 e. The number of carbonyl (C=O) groups excluding carboxylic acids is 2. The van der Waals surface area contributed by atoms with E-state index in [0.717, 1.165) is 21.4 Å². The molecule has 2 atom stereocenters. The van der Waals surface area contributed by atoms with Gasteiger partial charge in [0.25, 0.3) is 5.91 Å². The van der Waals surface area contributed by atoms with Gasteiger partial charge >= 0.3 is 6.03 Å². The largest absolute Gasteiger partial charge is 0.497 e. The summed E-state index contributed by atoms with van der Waals surface area (Å²) in [5.74, 6) is 0.00181. The summed E-state index contributed by atoms with van der Waals surface area (Å²) in [6.45, 7) is 3.45. The number of methoxy groups -OCH3 is 1. The number of benzene rings is 2. The summed E-state index contributed by atoms with van der Waals surface area (Å²) in [5, 5.41) is 13.6. The van der Waals surface area contributed by atoms with Crippen LogP contribution in [0.15, 0.2) is 36.4 Å². The van der Waals surface area contributed by atoms with Gasteiger partial charge in [-0.3, -0.25) is 9.69 Å². The summed E-state index contributed by atoms with van der Waals surface area (Å²) >= 11 is 0. The fourth-order valence-corrected chi connectivity index (χ4v) is 3.03. The van der Waals surface area contributed by atoms with Gasteiger partial charge in [-0.1, -0.05) is 18.2 Å². The smallest absolute Gasteiger partial charge is 0.325 e. The third-order valence-electron chi connectivity index (χ3n) is 4.58. The minimum absolute atomic E-state index is 0.0849. The number of fused-ring (bicyclic) bond motifs is 1. The van der Waals surface area contributed by atoms with E-state index < -0.39 is 17.5 Å². The second kappa shape index (κ2) is 6.10. The Morgan fingerprint density at radius 1 is 1.24 bits per heavy atom. The van der Waals surface area contributed by atoms with Crippen LogP contribution in [0, 0.1) is 17.2 Å². The first-order valence-corrected chi connectivity index (χ1v) is 8.01. The van der Waals surface area contributed by atoms with E-state index in [9.17, 15) is 9.59 Å². The molecule has 3 rings (SSSR count). The van der Waals surface area contributed by atoms with Gasteiger partial charge in [0.1, 0.15) is 11.3 Å². The number of hydrogen-bond acceptors (Lipinski definition) is 4. The van der Waals surface area contributed by atoms with Gasteiger partial charge < -0.3 is 10.1 Å². The van der Waals surface area contributed by atoms with Crippen molar-refractivity contribution in [1.82, 2.24) is 10.2 Å². The van der Waals surface area contributed by atoms with Crippen LogP contribution in [0.1, 0.15) is 19.4 Å². The molecule has 2 aromatic carbocycles. The number of nitriles is 1. The molecule has 0 radical (unpaired) electrons. The Balaban J connectivity index is 1.97. The quantitative estimate of drug-likeness (QED) is 0.870. The van der Waals surface area contributed by atoms with Crippen LogP contribution >= 0.6 is 0 Å². The average molecular weight is 337 g/mol. The van der Waals surface area contributed by atoms with E-state index in [2.05, 4.69) is 5.32 Å². The molecule has 0 bridgehead atoms. The number of nitrogens with zero attached hydrogens (tertiary/aromatic N) is 2. The lowest BCUT2D eigenvalue weighted by molar-refractivity contribution is -0.131. The number of amides is 3. The molecular formula is C19H19N3O3. The first-order valence-electron chi connectivity index (χ1n) is 8.01. The van der Waals surface area contributed by atoms with Gasteiger partial charge in [0.2, 0.25) is 0 Å². The minimum Gasteiger partial charge on any atom is -0.497 e. The molecular weight excluding hydrogens is 318 g/mol. The molecule has 1 aliphatic heterocycles. The zero-order valence-corrected chi connectivity index (χ0v) is 14.4. The number of imide groups is 1. The lowest BCUT2D eigenvalue weighted by atomic mass is 9.90. The highest BCUT2D eigenvalue weighted by Gasteiger charge is 2.49.